The van der Waals surface area contributed by atoms with E-state index in [0.29, 0.717) is 6.61 Å². The van der Waals surface area contributed by atoms with Gasteiger partial charge in [0.05, 0.1) is 6.61 Å². The summed E-state index contributed by atoms with van der Waals surface area (Å²) in [6, 6.07) is 16.9. The Balaban J connectivity index is 2.25. The maximum Gasteiger partial charge on any atom is 0.187 e. The Morgan fingerprint density at radius 1 is 1.00 bits per heavy atom. The van der Waals surface area contributed by atoms with E-state index < -0.39 is 0 Å². The number of benzene rings is 2. The predicted octanol–water partition coefficient (Wildman–Crippen LogP) is 6.26. The summed E-state index contributed by atoms with van der Waals surface area (Å²) in [6.45, 7) is 10.7. The zero-order valence-corrected chi connectivity index (χ0v) is 13.5. The highest BCUT2D eigenvalue weighted by molar-refractivity contribution is 7.46. The van der Waals surface area contributed by atoms with Crippen molar-refractivity contribution in [2.24, 2.45) is 0 Å². The molecule has 2 aromatic carbocycles. The summed E-state index contributed by atoms with van der Waals surface area (Å²) in [5.74, 6) is 0.912. The maximum atomic E-state index is 5.54. The topological polar surface area (TPSA) is 9.23 Å². The fourth-order valence-corrected chi connectivity index (χ4v) is 5.07. The lowest BCUT2D eigenvalue weighted by molar-refractivity contribution is 0.340. The van der Waals surface area contributed by atoms with Crippen LogP contribution in [0.1, 0.15) is 17.4 Å². The van der Waals surface area contributed by atoms with Crippen molar-refractivity contribution in [3.05, 3.63) is 72.1 Å². The van der Waals surface area contributed by atoms with E-state index in [0.717, 1.165) is 5.75 Å². The third kappa shape index (κ3) is 2.36. The van der Waals surface area contributed by atoms with Gasteiger partial charge >= 0.3 is 0 Å². The minimum absolute atomic E-state index is 0.111. The van der Waals surface area contributed by atoms with Crippen LogP contribution in [0.3, 0.4) is 0 Å². The van der Waals surface area contributed by atoms with Gasteiger partial charge in [0, 0.05) is 33.6 Å². The molecule has 1 atom stereocenters. The molecule has 0 fully saturated rings. The number of thiophene rings is 1. The molecule has 1 heterocycles. The van der Waals surface area contributed by atoms with Crippen molar-refractivity contribution in [2.75, 3.05) is 6.61 Å². The van der Waals surface area contributed by atoms with Crippen LogP contribution >= 0.6 is 10.5 Å². The number of rotatable bonds is 5. The zero-order valence-electron chi connectivity index (χ0n) is 12.7. The average Bonchev–Trinajstić information content (AvgIpc) is 2.89. The van der Waals surface area contributed by atoms with Crippen molar-refractivity contribution in [3.8, 4) is 10.6 Å². The summed E-state index contributed by atoms with van der Waals surface area (Å²) >= 11 is 0. The van der Waals surface area contributed by atoms with Crippen molar-refractivity contribution < 1.29 is 4.74 Å². The van der Waals surface area contributed by atoms with Crippen LogP contribution in [-0.4, -0.2) is 6.61 Å². The van der Waals surface area contributed by atoms with E-state index in [1.54, 1.807) is 0 Å². The molecule has 110 valence electrons. The van der Waals surface area contributed by atoms with Gasteiger partial charge in [-0.1, -0.05) is 31.4 Å². The van der Waals surface area contributed by atoms with Crippen LogP contribution in [0.4, 0.5) is 0 Å². The van der Waals surface area contributed by atoms with Gasteiger partial charge in [-0.15, -0.1) is 0 Å². The number of hydrogen-bond donors (Lipinski definition) is 0. The van der Waals surface area contributed by atoms with E-state index in [4.69, 9.17) is 4.74 Å². The molecule has 0 aliphatic heterocycles. The molecule has 22 heavy (non-hydrogen) atoms. The van der Waals surface area contributed by atoms with Crippen LogP contribution in [-0.2, 0) is 0 Å². The predicted molar refractivity (Wildman–Crippen MR) is 99.1 cm³/mol. The molecule has 0 aliphatic rings. The van der Waals surface area contributed by atoms with Gasteiger partial charge in [-0.05, 0) is 37.3 Å². The summed E-state index contributed by atoms with van der Waals surface area (Å²) in [7, 11) is -0.111. The average molecular weight is 307 g/mol. The zero-order chi connectivity index (χ0) is 15.5. The van der Waals surface area contributed by atoms with Crippen molar-refractivity contribution in [3.63, 3.8) is 0 Å². The Morgan fingerprint density at radius 2 is 1.73 bits per heavy atom. The van der Waals surface area contributed by atoms with Crippen LogP contribution in [0, 0.1) is 0 Å². The van der Waals surface area contributed by atoms with Crippen LogP contribution in [0.15, 0.2) is 61.7 Å². The third-order valence-electron chi connectivity index (χ3n) is 3.64. The third-order valence-corrected chi connectivity index (χ3v) is 6.01. The Bertz CT molecular complexity index is 825. The largest absolute Gasteiger partial charge is 0.494 e. The Morgan fingerprint density at radius 3 is 2.36 bits per heavy atom. The Labute approximate surface area is 134 Å². The SMILES string of the molecule is C=Cc1c(C=C)[s+](-c2ccc(OCC)cc2)c2ccccc12. The lowest BCUT2D eigenvalue weighted by Crippen LogP contribution is -1.90. The molecule has 3 aromatic rings. The van der Waals surface area contributed by atoms with Crippen LogP contribution < -0.4 is 4.74 Å². The van der Waals surface area contributed by atoms with Crippen LogP contribution in [0.25, 0.3) is 27.1 Å². The molecule has 0 radical (unpaired) electrons. The lowest BCUT2D eigenvalue weighted by atomic mass is 10.1. The first-order valence-corrected chi connectivity index (χ1v) is 8.58. The number of hydrogen-bond acceptors (Lipinski definition) is 1. The molecule has 1 unspecified atom stereocenters. The Hall–Kier alpha value is -2.32. The van der Waals surface area contributed by atoms with Gasteiger partial charge in [0.25, 0.3) is 0 Å². The fraction of sp³-hybridized carbons (Fsp3) is 0.100. The van der Waals surface area contributed by atoms with Gasteiger partial charge in [0.2, 0.25) is 0 Å². The smallest absolute Gasteiger partial charge is 0.187 e. The van der Waals surface area contributed by atoms with Crippen LogP contribution in [0.2, 0.25) is 0 Å². The van der Waals surface area contributed by atoms with E-state index in [2.05, 4.69) is 49.6 Å². The minimum atomic E-state index is -0.111. The van der Waals surface area contributed by atoms with E-state index in [9.17, 15) is 0 Å². The fourth-order valence-electron chi connectivity index (χ4n) is 2.72. The quantitative estimate of drug-likeness (QED) is 0.505. The maximum absolute atomic E-state index is 5.54. The monoisotopic (exact) mass is 307 g/mol. The second kappa shape index (κ2) is 6.20. The van der Waals surface area contributed by atoms with Crippen molar-refractivity contribution >= 4 is 32.7 Å². The molecule has 1 nitrogen and oxygen atoms in total. The van der Waals surface area contributed by atoms with E-state index >= 15 is 0 Å². The molecule has 0 aliphatic carbocycles. The molecule has 3 rings (SSSR count). The van der Waals surface area contributed by atoms with Gasteiger partial charge < -0.3 is 4.74 Å². The van der Waals surface area contributed by atoms with Crippen molar-refractivity contribution in [1.82, 2.24) is 0 Å². The highest BCUT2D eigenvalue weighted by atomic mass is 32.2. The standard InChI is InChI=1S/C20H19OS/c1-4-17-18-9-7-8-10-20(18)22(19(17)5-2)16-13-11-15(12-14-16)21-6-3/h4-5,7-14H,1-2,6H2,3H3/q+1. The van der Waals surface area contributed by atoms with E-state index in [1.165, 1.54) is 25.4 Å². The van der Waals surface area contributed by atoms with Gasteiger partial charge in [-0.25, -0.2) is 0 Å². The van der Waals surface area contributed by atoms with Crippen molar-refractivity contribution in [1.29, 1.82) is 0 Å². The second-order valence-corrected chi connectivity index (χ2v) is 6.86. The van der Waals surface area contributed by atoms with E-state index in [-0.39, 0.29) is 10.5 Å². The first-order chi connectivity index (χ1) is 10.8. The molecule has 1 aromatic heterocycles. The molecule has 0 saturated carbocycles. The summed E-state index contributed by atoms with van der Waals surface area (Å²) in [6.07, 6.45) is 3.91. The summed E-state index contributed by atoms with van der Waals surface area (Å²) < 4.78 is 6.89. The van der Waals surface area contributed by atoms with Gasteiger partial charge in [0.1, 0.15) is 5.75 Å². The lowest BCUT2D eigenvalue weighted by Gasteiger charge is -2.01. The molecule has 0 spiro atoms. The van der Waals surface area contributed by atoms with Crippen molar-refractivity contribution in [2.45, 2.75) is 6.92 Å². The highest BCUT2D eigenvalue weighted by Crippen LogP contribution is 2.47. The molecular weight excluding hydrogens is 288 g/mol. The van der Waals surface area contributed by atoms with E-state index in [1.807, 2.05) is 31.2 Å². The molecule has 0 N–H and O–H groups in total. The number of ether oxygens (including phenoxy) is 1. The Kier molecular flexibility index (Phi) is 4.12. The van der Waals surface area contributed by atoms with Crippen LogP contribution in [0.5, 0.6) is 5.75 Å². The molecule has 0 amide bonds. The van der Waals surface area contributed by atoms with Gasteiger partial charge in [-0.2, -0.15) is 0 Å². The molecule has 0 saturated heterocycles. The van der Waals surface area contributed by atoms with Gasteiger partial charge in [-0.3, -0.25) is 0 Å². The first-order valence-electron chi connectivity index (χ1n) is 7.35. The highest BCUT2D eigenvalue weighted by Gasteiger charge is 2.25. The molecule has 2 heteroatoms. The first kappa shape index (κ1) is 14.6. The minimum Gasteiger partial charge on any atom is -0.494 e. The molecule has 0 bridgehead atoms. The number of fused-ring (bicyclic) bond motifs is 1. The molecular formula is C20H19OS+. The summed E-state index contributed by atoms with van der Waals surface area (Å²) in [5.41, 5.74) is 1.20. The summed E-state index contributed by atoms with van der Waals surface area (Å²) in [4.78, 5) is 2.53. The summed E-state index contributed by atoms with van der Waals surface area (Å²) in [5, 5.41) is 1.27. The normalized spacial score (nSPS) is 11.4. The van der Waals surface area contributed by atoms with Gasteiger partial charge in [0.15, 0.2) is 14.5 Å². The second-order valence-electron chi connectivity index (χ2n) is 4.89.